The van der Waals surface area contributed by atoms with E-state index >= 15 is 0 Å². The summed E-state index contributed by atoms with van der Waals surface area (Å²) in [4.78, 5) is 16.0. The number of benzene rings is 1. The fourth-order valence-electron chi connectivity index (χ4n) is 2.52. The topological polar surface area (TPSA) is 68.2 Å². The van der Waals surface area contributed by atoms with E-state index in [4.69, 9.17) is 23.2 Å². The number of carbonyl (C=O) groups excluding carboxylic acids is 1. The quantitative estimate of drug-likeness (QED) is 0.342. The van der Waals surface area contributed by atoms with Gasteiger partial charge in [-0.25, -0.2) is 4.98 Å². The molecule has 0 spiro atoms. The van der Waals surface area contributed by atoms with Crippen LogP contribution in [0.1, 0.15) is 16.1 Å². The van der Waals surface area contributed by atoms with Crippen molar-refractivity contribution in [3.05, 3.63) is 70.1 Å². The first-order chi connectivity index (χ1) is 14.8. The molecule has 0 aliphatic heterocycles. The number of aromatic nitrogens is 2. The van der Waals surface area contributed by atoms with Crippen molar-refractivity contribution in [3.8, 4) is 11.4 Å². The van der Waals surface area contributed by atoms with Crippen molar-refractivity contribution >= 4 is 34.9 Å². The normalized spacial score (nSPS) is 11.9. The first-order valence-corrected chi connectivity index (χ1v) is 9.13. The van der Waals surface area contributed by atoms with Gasteiger partial charge in [0.2, 0.25) is 0 Å². The van der Waals surface area contributed by atoms with E-state index in [1.807, 2.05) is 0 Å². The van der Waals surface area contributed by atoms with Crippen LogP contribution in [0.25, 0.3) is 5.69 Å². The van der Waals surface area contributed by atoms with Crippen molar-refractivity contribution in [2.75, 3.05) is 5.43 Å². The average molecular weight is 499 g/mol. The third kappa shape index (κ3) is 5.56. The van der Waals surface area contributed by atoms with Crippen LogP contribution in [0.2, 0.25) is 10.0 Å². The number of nitrogens with one attached hydrogen (secondary N) is 2. The van der Waals surface area contributed by atoms with E-state index in [2.05, 4.69) is 20.6 Å². The fraction of sp³-hybridized carbons (Fsp3) is 0.111. The van der Waals surface area contributed by atoms with Crippen molar-refractivity contribution in [3.63, 3.8) is 0 Å². The van der Waals surface area contributed by atoms with Crippen LogP contribution in [0.5, 0.6) is 5.75 Å². The van der Waals surface area contributed by atoms with Crippen molar-refractivity contribution in [2.24, 2.45) is 0 Å². The molecule has 1 aromatic carbocycles. The van der Waals surface area contributed by atoms with Gasteiger partial charge in [-0.2, -0.15) is 13.2 Å². The Kier molecular flexibility index (Phi) is 6.46. The summed E-state index contributed by atoms with van der Waals surface area (Å²) >= 11 is 11.8. The van der Waals surface area contributed by atoms with Gasteiger partial charge in [0.05, 0.1) is 21.3 Å². The number of alkyl halides is 6. The first-order valence-electron chi connectivity index (χ1n) is 8.37. The minimum absolute atomic E-state index is 0.00748. The number of amides is 1. The van der Waals surface area contributed by atoms with Crippen LogP contribution in [0.4, 0.5) is 32.2 Å². The van der Waals surface area contributed by atoms with E-state index < -0.39 is 29.8 Å². The van der Waals surface area contributed by atoms with Crippen molar-refractivity contribution in [1.29, 1.82) is 0 Å². The summed E-state index contributed by atoms with van der Waals surface area (Å²) in [7, 11) is 0. The molecule has 2 N–H and O–H groups in total. The second kappa shape index (κ2) is 8.79. The zero-order chi connectivity index (χ0) is 23.7. The SMILES string of the molecule is O=C(NNc1ncc(C(F)(F)F)cc1Cl)c1cccn1-c1ccc(OC(F)(F)F)cc1Cl. The van der Waals surface area contributed by atoms with Crippen molar-refractivity contribution < 1.29 is 35.9 Å². The zero-order valence-electron chi connectivity index (χ0n) is 15.4. The summed E-state index contributed by atoms with van der Waals surface area (Å²) in [6.45, 7) is 0. The summed E-state index contributed by atoms with van der Waals surface area (Å²) in [6, 6.07) is 6.62. The highest BCUT2D eigenvalue weighted by molar-refractivity contribution is 6.33. The molecule has 0 atom stereocenters. The molecule has 0 saturated heterocycles. The predicted octanol–water partition coefficient (Wildman–Crippen LogP) is 5.85. The lowest BCUT2D eigenvalue weighted by atomic mass is 10.3. The number of pyridine rings is 1. The van der Waals surface area contributed by atoms with Gasteiger partial charge in [-0.3, -0.25) is 15.6 Å². The van der Waals surface area contributed by atoms with E-state index in [1.54, 1.807) is 0 Å². The molecule has 32 heavy (non-hydrogen) atoms. The smallest absolute Gasteiger partial charge is 0.406 e. The number of carbonyl (C=O) groups is 1. The van der Waals surface area contributed by atoms with Gasteiger partial charge in [0.1, 0.15) is 11.4 Å². The number of rotatable bonds is 5. The highest BCUT2D eigenvalue weighted by atomic mass is 35.5. The molecule has 3 rings (SSSR count). The molecule has 2 aromatic heterocycles. The van der Waals surface area contributed by atoms with Crippen LogP contribution in [-0.4, -0.2) is 21.8 Å². The highest BCUT2D eigenvalue weighted by Gasteiger charge is 2.32. The number of hydrogen-bond donors (Lipinski definition) is 2. The molecule has 0 radical (unpaired) electrons. The second-order valence-electron chi connectivity index (χ2n) is 6.06. The highest BCUT2D eigenvalue weighted by Crippen LogP contribution is 2.32. The monoisotopic (exact) mass is 498 g/mol. The minimum atomic E-state index is -4.90. The van der Waals surface area contributed by atoms with Crippen LogP contribution < -0.4 is 15.6 Å². The Morgan fingerprint density at radius 2 is 1.75 bits per heavy atom. The van der Waals surface area contributed by atoms with E-state index in [9.17, 15) is 31.1 Å². The number of halogens is 8. The Hall–Kier alpha value is -3.12. The van der Waals surface area contributed by atoms with Gasteiger partial charge in [0.25, 0.3) is 5.91 Å². The maximum absolute atomic E-state index is 12.7. The lowest BCUT2D eigenvalue weighted by molar-refractivity contribution is -0.274. The van der Waals surface area contributed by atoms with Crippen LogP contribution in [0.15, 0.2) is 48.8 Å². The number of hydrogen-bond acceptors (Lipinski definition) is 4. The number of nitrogens with zero attached hydrogens (tertiary/aromatic N) is 2. The molecule has 3 aromatic rings. The molecule has 2 heterocycles. The average Bonchev–Trinajstić information content (AvgIpc) is 3.14. The van der Waals surface area contributed by atoms with Gasteiger partial charge < -0.3 is 9.30 Å². The Balaban J connectivity index is 1.76. The Morgan fingerprint density at radius 3 is 2.34 bits per heavy atom. The molecule has 0 unspecified atom stereocenters. The summed E-state index contributed by atoms with van der Waals surface area (Å²) in [5, 5.41) is -0.531. The Labute approximate surface area is 185 Å². The summed E-state index contributed by atoms with van der Waals surface area (Å²) in [5.74, 6) is -1.55. The van der Waals surface area contributed by atoms with Crippen LogP contribution in [0, 0.1) is 0 Å². The summed E-state index contributed by atoms with van der Waals surface area (Å²) in [5.41, 5.74) is 3.62. The molecule has 14 heteroatoms. The largest absolute Gasteiger partial charge is 0.573 e. The maximum Gasteiger partial charge on any atom is 0.573 e. The molecule has 0 aliphatic carbocycles. The van der Waals surface area contributed by atoms with Gasteiger partial charge in [-0.1, -0.05) is 23.2 Å². The van der Waals surface area contributed by atoms with E-state index in [0.717, 1.165) is 12.1 Å². The van der Waals surface area contributed by atoms with Gasteiger partial charge in [0, 0.05) is 18.5 Å². The third-order valence-corrected chi connectivity index (χ3v) is 4.45. The third-order valence-electron chi connectivity index (χ3n) is 3.86. The molecular weight excluding hydrogens is 489 g/mol. The second-order valence-corrected chi connectivity index (χ2v) is 6.87. The maximum atomic E-state index is 12.7. The van der Waals surface area contributed by atoms with E-state index in [-0.39, 0.29) is 27.2 Å². The molecule has 0 saturated carbocycles. The van der Waals surface area contributed by atoms with E-state index in [1.165, 1.54) is 29.0 Å². The van der Waals surface area contributed by atoms with Crippen LogP contribution in [-0.2, 0) is 6.18 Å². The van der Waals surface area contributed by atoms with Crippen LogP contribution >= 0.6 is 23.2 Å². The van der Waals surface area contributed by atoms with E-state index in [0.29, 0.717) is 12.3 Å². The predicted molar refractivity (Wildman–Crippen MR) is 103 cm³/mol. The molecule has 0 fully saturated rings. The molecule has 0 bridgehead atoms. The van der Waals surface area contributed by atoms with Gasteiger partial charge in [-0.05, 0) is 30.3 Å². The number of ether oxygens (including phenoxy) is 1. The fourth-order valence-corrected chi connectivity index (χ4v) is 3.00. The number of anilines is 1. The Bertz CT molecular complexity index is 1150. The molecule has 1 amide bonds. The molecule has 6 nitrogen and oxygen atoms in total. The zero-order valence-corrected chi connectivity index (χ0v) is 16.9. The van der Waals surface area contributed by atoms with Crippen LogP contribution in [0.3, 0.4) is 0 Å². The van der Waals surface area contributed by atoms with Gasteiger partial charge in [0.15, 0.2) is 5.82 Å². The van der Waals surface area contributed by atoms with Crippen molar-refractivity contribution in [1.82, 2.24) is 15.0 Å². The Morgan fingerprint density at radius 1 is 1.03 bits per heavy atom. The molecular formula is C18H10Cl2F6N4O2. The van der Waals surface area contributed by atoms with Gasteiger partial charge in [-0.15, -0.1) is 13.2 Å². The number of hydrazine groups is 1. The first kappa shape index (κ1) is 23.5. The van der Waals surface area contributed by atoms with Gasteiger partial charge >= 0.3 is 12.5 Å². The molecule has 170 valence electrons. The molecule has 0 aliphatic rings. The lowest BCUT2D eigenvalue weighted by Gasteiger charge is -2.15. The minimum Gasteiger partial charge on any atom is -0.406 e. The summed E-state index contributed by atoms with van der Waals surface area (Å²) < 4.78 is 80.1. The van der Waals surface area contributed by atoms with Crippen molar-refractivity contribution in [2.45, 2.75) is 12.5 Å². The summed E-state index contributed by atoms with van der Waals surface area (Å²) in [6.07, 6.45) is -7.58. The lowest BCUT2D eigenvalue weighted by Crippen LogP contribution is -2.31. The standard InChI is InChI=1S/C18H10Cl2F6N4O2/c19-11-7-10(32-18(24,25)26)3-4-13(11)30-5-1-2-14(30)16(31)29-28-15-12(20)6-9(8-27-15)17(21,22)23/h1-8H,(H,27,28)(H,29,31).